The first-order valence-corrected chi connectivity index (χ1v) is 8.41. The molecule has 1 heterocycles. The molecule has 26 heavy (non-hydrogen) atoms. The average Bonchev–Trinajstić information content (AvgIpc) is 2.62. The number of pyridine rings is 1. The molecule has 2 aromatic carbocycles. The van der Waals surface area contributed by atoms with Crippen molar-refractivity contribution in [3.05, 3.63) is 66.4 Å². The zero-order valence-electron chi connectivity index (χ0n) is 15.0. The van der Waals surface area contributed by atoms with Gasteiger partial charge in [0.15, 0.2) is 0 Å². The van der Waals surface area contributed by atoms with Crippen LogP contribution in [0.25, 0.3) is 10.9 Å². The average molecular weight is 347 g/mol. The zero-order valence-corrected chi connectivity index (χ0v) is 15.0. The molecule has 1 aromatic heterocycles. The third kappa shape index (κ3) is 3.88. The van der Waals surface area contributed by atoms with E-state index in [-0.39, 0.29) is 11.8 Å². The number of aromatic nitrogens is 1. The molecule has 3 aromatic rings. The number of benzene rings is 2. The van der Waals surface area contributed by atoms with Crippen LogP contribution in [0.2, 0.25) is 0 Å². The van der Waals surface area contributed by atoms with Crippen LogP contribution in [-0.4, -0.2) is 16.8 Å². The van der Waals surface area contributed by atoms with Crippen LogP contribution in [-0.2, 0) is 4.79 Å². The molecule has 0 aliphatic rings. The highest BCUT2D eigenvalue weighted by atomic mass is 16.2. The van der Waals surface area contributed by atoms with Gasteiger partial charge in [0, 0.05) is 28.2 Å². The van der Waals surface area contributed by atoms with E-state index in [1.807, 2.05) is 51.1 Å². The molecule has 0 fully saturated rings. The van der Waals surface area contributed by atoms with Crippen molar-refractivity contribution in [2.45, 2.75) is 20.8 Å². The molecule has 0 atom stereocenters. The van der Waals surface area contributed by atoms with Gasteiger partial charge in [-0.2, -0.15) is 0 Å². The lowest BCUT2D eigenvalue weighted by atomic mass is 9.95. The Bertz CT molecular complexity index is 952. The Morgan fingerprint density at radius 2 is 1.58 bits per heavy atom. The van der Waals surface area contributed by atoms with Gasteiger partial charge >= 0.3 is 0 Å². The predicted octanol–water partition coefficient (Wildman–Crippen LogP) is 4.47. The number of rotatable bonds is 3. The summed E-state index contributed by atoms with van der Waals surface area (Å²) in [5.74, 6) is -0.298. The molecule has 5 nitrogen and oxygen atoms in total. The normalized spacial score (nSPS) is 11.2. The molecule has 0 aliphatic heterocycles. The van der Waals surface area contributed by atoms with E-state index in [2.05, 4.69) is 15.6 Å². The smallest absolute Gasteiger partial charge is 0.255 e. The zero-order chi connectivity index (χ0) is 18.7. The lowest BCUT2D eigenvalue weighted by Crippen LogP contribution is -2.27. The summed E-state index contributed by atoms with van der Waals surface area (Å²) < 4.78 is 0. The van der Waals surface area contributed by atoms with Gasteiger partial charge in [-0.05, 0) is 36.4 Å². The molecule has 0 aliphatic carbocycles. The highest BCUT2D eigenvalue weighted by molar-refractivity contribution is 6.08. The van der Waals surface area contributed by atoms with Crippen molar-refractivity contribution >= 4 is 34.1 Å². The predicted molar refractivity (Wildman–Crippen MR) is 104 cm³/mol. The number of nitrogens with one attached hydrogen (secondary N) is 2. The monoisotopic (exact) mass is 347 g/mol. The molecule has 0 unspecified atom stereocenters. The standard InChI is InChI=1S/C21H21N3O2/c1-21(2,3)20(26)23-16-11-9-15(10-12-16)19(25)24-17-8-4-6-14-7-5-13-22-18(14)17/h4-13H,1-3H3,(H,23,26)(H,24,25). The molecule has 0 radical (unpaired) electrons. The van der Waals surface area contributed by atoms with Gasteiger partial charge in [0.05, 0.1) is 11.2 Å². The summed E-state index contributed by atoms with van der Waals surface area (Å²) in [4.78, 5) is 28.9. The molecular weight excluding hydrogens is 326 g/mol. The van der Waals surface area contributed by atoms with Gasteiger partial charge in [-0.1, -0.05) is 39.0 Å². The molecule has 0 saturated carbocycles. The summed E-state index contributed by atoms with van der Waals surface area (Å²) in [5.41, 5.74) is 2.10. The fraction of sp³-hybridized carbons (Fsp3) is 0.190. The number of nitrogens with zero attached hydrogens (tertiary/aromatic N) is 1. The summed E-state index contributed by atoms with van der Waals surface area (Å²) in [6.45, 7) is 5.55. The highest BCUT2D eigenvalue weighted by Gasteiger charge is 2.21. The van der Waals surface area contributed by atoms with E-state index in [9.17, 15) is 9.59 Å². The summed E-state index contributed by atoms with van der Waals surface area (Å²) in [5, 5.41) is 6.70. The third-order valence-electron chi connectivity index (χ3n) is 3.97. The minimum absolute atomic E-state index is 0.0727. The van der Waals surface area contributed by atoms with E-state index in [1.54, 1.807) is 30.5 Å². The quantitative estimate of drug-likeness (QED) is 0.734. The minimum Gasteiger partial charge on any atom is -0.326 e. The largest absolute Gasteiger partial charge is 0.326 e. The Morgan fingerprint density at radius 1 is 0.885 bits per heavy atom. The van der Waals surface area contributed by atoms with Crippen molar-refractivity contribution < 1.29 is 9.59 Å². The van der Waals surface area contributed by atoms with Gasteiger partial charge in [0.25, 0.3) is 5.91 Å². The topological polar surface area (TPSA) is 71.1 Å². The lowest BCUT2D eigenvalue weighted by Gasteiger charge is -2.17. The molecule has 132 valence electrons. The molecule has 2 amide bonds. The maximum atomic E-state index is 12.5. The minimum atomic E-state index is -0.475. The number of carbonyl (C=O) groups is 2. The summed E-state index contributed by atoms with van der Waals surface area (Å²) >= 11 is 0. The highest BCUT2D eigenvalue weighted by Crippen LogP contribution is 2.22. The lowest BCUT2D eigenvalue weighted by molar-refractivity contribution is -0.123. The number of hydrogen-bond acceptors (Lipinski definition) is 3. The second-order valence-corrected chi connectivity index (χ2v) is 7.12. The first-order chi connectivity index (χ1) is 12.3. The van der Waals surface area contributed by atoms with E-state index in [0.717, 1.165) is 10.9 Å². The van der Waals surface area contributed by atoms with Crippen LogP contribution in [0.15, 0.2) is 60.8 Å². The molecular formula is C21H21N3O2. The van der Waals surface area contributed by atoms with Gasteiger partial charge in [-0.15, -0.1) is 0 Å². The number of para-hydroxylation sites is 1. The van der Waals surface area contributed by atoms with Crippen molar-refractivity contribution in [3.8, 4) is 0 Å². The number of hydrogen-bond donors (Lipinski definition) is 2. The Balaban J connectivity index is 1.75. The van der Waals surface area contributed by atoms with Crippen molar-refractivity contribution in [1.82, 2.24) is 4.98 Å². The van der Waals surface area contributed by atoms with Crippen LogP contribution in [0.4, 0.5) is 11.4 Å². The van der Waals surface area contributed by atoms with Crippen molar-refractivity contribution in [1.29, 1.82) is 0 Å². The van der Waals surface area contributed by atoms with Gasteiger partial charge in [-0.3, -0.25) is 14.6 Å². The van der Waals surface area contributed by atoms with Gasteiger partial charge in [-0.25, -0.2) is 0 Å². The molecule has 0 saturated heterocycles. The van der Waals surface area contributed by atoms with E-state index in [0.29, 0.717) is 16.9 Å². The Kier molecular flexibility index (Phi) is 4.71. The first kappa shape index (κ1) is 17.6. The van der Waals surface area contributed by atoms with E-state index in [4.69, 9.17) is 0 Å². The number of carbonyl (C=O) groups excluding carboxylic acids is 2. The van der Waals surface area contributed by atoms with E-state index in [1.165, 1.54) is 0 Å². The Hall–Kier alpha value is -3.21. The van der Waals surface area contributed by atoms with E-state index < -0.39 is 5.41 Å². The van der Waals surface area contributed by atoms with Crippen LogP contribution in [0.1, 0.15) is 31.1 Å². The fourth-order valence-electron chi connectivity index (χ4n) is 2.42. The molecule has 0 bridgehead atoms. The van der Waals surface area contributed by atoms with Crippen LogP contribution >= 0.6 is 0 Å². The van der Waals surface area contributed by atoms with E-state index >= 15 is 0 Å². The summed E-state index contributed by atoms with van der Waals surface area (Å²) in [7, 11) is 0. The van der Waals surface area contributed by atoms with Gasteiger partial charge in [0.2, 0.25) is 5.91 Å². The first-order valence-electron chi connectivity index (χ1n) is 8.41. The number of amides is 2. The second-order valence-electron chi connectivity index (χ2n) is 7.12. The molecule has 3 rings (SSSR count). The molecule has 0 spiro atoms. The van der Waals surface area contributed by atoms with Crippen LogP contribution in [0.3, 0.4) is 0 Å². The number of fused-ring (bicyclic) bond motifs is 1. The van der Waals surface area contributed by atoms with Crippen LogP contribution in [0.5, 0.6) is 0 Å². The third-order valence-corrected chi connectivity index (χ3v) is 3.97. The van der Waals surface area contributed by atoms with Crippen molar-refractivity contribution in [3.63, 3.8) is 0 Å². The Labute approximate surface area is 152 Å². The summed E-state index contributed by atoms with van der Waals surface area (Å²) in [6.07, 6.45) is 1.70. The maximum Gasteiger partial charge on any atom is 0.255 e. The summed E-state index contributed by atoms with van der Waals surface area (Å²) in [6, 6.07) is 16.3. The van der Waals surface area contributed by atoms with Crippen molar-refractivity contribution in [2.75, 3.05) is 10.6 Å². The fourth-order valence-corrected chi connectivity index (χ4v) is 2.42. The Morgan fingerprint density at radius 3 is 2.27 bits per heavy atom. The molecule has 2 N–H and O–H groups in total. The molecule has 5 heteroatoms. The van der Waals surface area contributed by atoms with Crippen LogP contribution < -0.4 is 10.6 Å². The van der Waals surface area contributed by atoms with Crippen LogP contribution in [0, 0.1) is 5.41 Å². The SMILES string of the molecule is CC(C)(C)C(=O)Nc1ccc(C(=O)Nc2cccc3cccnc23)cc1. The number of anilines is 2. The second kappa shape index (κ2) is 6.96. The van der Waals surface area contributed by atoms with Crippen molar-refractivity contribution in [2.24, 2.45) is 5.41 Å². The maximum absolute atomic E-state index is 12.5. The van der Waals surface area contributed by atoms with Gasteiger partial charge in [0.1, 0.15) is 0 Å². The van der Waals surface area contributed by atoms with Gasteiger partial charge < -0.3 is 10.6 Å².